The van der Waals surface area contributed by atoms with Crippen molar-refractivity contribution >= 4 is 10.0 Å². The van der Waals surface area contributed by atoms with Crippen LogP contribution in [0.25, 0.3) is 11.3 Å². The standard InChI is InChI=1S/C16H21N3O3S/c1-22-13-18-9-3-6-16(18)14-4-2-5-15(12-14)23(20,21)19-10-7-17-8-11-19/h2-6,9,12,17H,7-8,10-11,13H2,1H3. The van der Waals surface area contributed by atoms with E-state index in [4.69, 9.17) is 4.74 Å². The Balaban J connectivity index is 1.94. The summed E-state index contributed by atoms with van der Waals surface area (Å²) in [6, 6.07) is 11.0. The fourth-order valence-electron chi connectivity index (χ4n) is 2.78. The summed E-state index contributed by atoms with van der Waals surface area (Å²) in [5.74, 6) is 0. The van der Waals surface area contributed by atoms with E-state index in [0.717, 1.165) is 11.3 Å². The molecule has 2 heterocycles. The van der Waals surface area contributed by atoms with Crippen LogP contribution in [0.1, 0.15) is 0 Å². The summed E-state index contributed by atoms with van der Waals surface area (Å²) >= 11 is 0. The molecule has 7 heteroatoms. The van der Waals surface area contributed by atoms with Gasteiger partial charge in [0.1, 0.15) is 6.73 Å². The third kappa shape index (κ3) is 3.32. The Morgan fingerprint density at radius 3 is 2.70 bits per heavy atom. The predicted octanol–water partition coefficient (Wildman–Crippen LogP) is 1.35. The quantitative estimate of drug-likeness (QED) is 0.896. The van der Waals surface area contributed by atoms with Gasteiger partial charge in [-0.15, -0.1) is 0 Å². The number of hydrogen-bond acceptors (Lipinski definition) is 4. The van der Waals surface area contributed by atoms with Crippen molar-refractivity contribution < 1.29 is 13.2 Å². The Morgan fingerprint density at radius 2 is 1.96 bits per heavy atom. The highest BCUT2D eigenvalue weighted by Crippen LogP contribution is 2.25. The van der Waals surface area contributed by atoms with Gasteiger partial charge in [0.05, 0.1) is 10.6 Å². The first kappa shape index (κ1) is 16.2. The van der Waals surface area contributed by atoms with Crippen LogP contribution in [-0.2, 0) is 21.5 Å². The topological polar surface area (TPSA) is 63.6 Å². The van der Waals surface area contributed by atoms with Crippen molar-refractivity contribution in [2.45, 2.75) is 11.6 Å². The Morgan fingerprint density at radius 1 is 1.17 bits per heavy atom. The Kier molecular flexibility index (Phi) is 4.82. The molecule has 1 aliphatic heterocycles. The van der Waals surface area contributed by atoms with E-state index >= 15 is 0 Å². The largest absolute Gasteiger partial charge is 0.364 e. The lowest BCUT2D eigenvalue weighted by Crippen LogP contribution is -2.46. The molecule has 2 aromatic rings. The molecular weight excluding hydrogens is 314 g/mol. The van der Waals surface area contributed by atoms with Gasteiger partial charge in [-0.3, -0.25) is 0 Å². The molecule has 1 aromatic carbocycles. The van der Waals surface area contributed by atoms with Gasteiger partial charge < -0.3 is 14.6 Å². The van der Waals surface area contributed by atoms with Gasteiger partial charge in [0.25, 0.3) is 0 Å². The van der Waals surface area contributed by atoms with Crippen LogP contribution in [0.3, 0.4) is 0 Å². The van der Waals surface area contributed by atoms with Gasteiger partial charge in [0.2, 0.25) is 10.0 Å². The van der Waals surface area contributed by atoms with Gasteiger partial charge in [-0.2, -0.15) is 4.31 Å². The number of nitrogens with zero attached hydrogens (tertiary/aromatic N) is 2. The van der Waals surface area contributed by atoms with E-state index in [-0.39, 0.29) is 0 Å². The summed E-state index contributed by atoms with van der Waals surface area (Å²) in [5, 5.41) is 3.17. The summed E-state index contributed by atoms with van der Waals surface area (Å²) in [6.07, 6.45) is 1.91. The first-order valence-corrected chi connectivity index (χ1v) is 9.02. The molecule has 0 saturated carbocycles. The Hall–Kier alpha value is -1.67. The second-order valence-corrected chi connectivity index (χ2v) is 7.40. The lowest BCUT2D eigenvalue weighted by Gasteiger charge is -2.26. The SMILES string of the molecule is COCn1cccc1-c1cccc(S(=O)(=O)N2CCNCC2)c1. The number of methoxy groups -OCH3 is 1. The first-order chi connectivity index (χ1) is 11.1. The molecule has 0 bridgehead atoms. The van der Waals surface area contributed by atoms with E-state index in [2.05, 4.69) is 5.32 Å². The van der Waals surface area contributed by atoms with Crippen molar-refractivity contribution in [1.82, 2.24) is 14.2 Å². The van der Waals surface area contributed by atoms with Crippen molar-refractivity contribution in [3.05, 3.63) is 42.6 Å². The average Bonchev–Trinajstić information content (AvgIpc) is 3.04. The van der Waals surface area contributed by atoms with Crippen molar-refractivity contribution in [2.75, 3.05) is 33.3 Å². The maximum atomic E-state index is 12.8. The summed E-state index contributed by atoms with van der Waals surface area (Å²) in [7, 11) is -1.81. The molecule has 1 saturated heterocycles. The molecular formula is C16H21N3O3S. The molecule has 1 N–H and O–H groups in total. The van der Waals surface area contributed by atoms with Gasteiger partial charge >= 0.3 is 0 Å². The van der Waals surface area contributed by atoms with Gasteiger partial charge in [-0.05, 0) is 29.8 Å². The third-order valence-corrected chi connectivity index (χ3v) is 5.84. The fourth-order valence-corrected chi connectivity index (χ4v) is 4.27. The molecule has 124 valence electrons. The van der Waals surface area contributed by atoms with Crippen LogP contribution >= 0.6 is 0 Å². The third-order valence-electron chi connectivity index (χ3n) is 3.94. The smallest absolute Gasteiger partial charge is 0.243 e. The lowest BCUT2D eigenvalue weighted by atomic mass is 10.1. The lowest BCUT2D eigenvalue weighted by molar-refractivity contribution is 0.133. The van der Waals surface area contributed by atoms with Crippen molar-refractivity contribution in [3.8, 4) is 11.3 Å². The van der Waals surface area contributed by atoms with E-state index in [1.54, 1.807) is 25.3 Å². The second kappa shape index (κ2) is 6.84. The van der Waals surface area contributed by atoms with E-state index in [1.165, 1.54) is 4.31 Å². The maximum Gasteiger partial charge on any atom is 0.243 e. The summed E-state index contributed by atoms with van der Waals surface area (Å²) in [4.78, 5) is 0.335. The summed E-state index contributed by atoms with van der Waals surface area (Å²) in [6.45, 7) is 2.82. The number of nitrogens with one attached hydrogen (secondary N) is 1. The van der Waals surface area contributed by atoms with Crippen molar-refractivity contribution in [2.24, 2.45) is 0 Å². The van der Waals surface area contributed by atoms with Crippen LogP contribution in [0.4, 0.5) is 0 Å². The second-order valence-electron chi connectivity index (χ2n) is 5.46. The molecule has 23 heavy (non-hydrogen) atoms. The number of rotatable bonds is 5. The number of ether oxygens (including phenoxy) is 1. The molecule has 1 fully saturated rings. The molecule has 0 unspecified atom stereocenters. The zero-order valence-corrected chi connectivity index (χ0v) is 13.9. The maximum absolute atomic E-state index is 12.8. The van der Waals surface area contributed by atoms with Crippen LogP contribution < -0.4 is 5.32 Å². The normalized spacial score (nSPS) is 16.6. The van der Waals surface area contributed by atoms with Crippen LogP contribution in [0, 0.1) is 0 Å². The molecule has 0 atom stereocenters. The minimum Gasteiger partial charge on any atom is -0.364 e. The molecule has 1 aliphatic rings. The molecule has 0 amide bonds. The van der Waals surface area contributed by atoms with Gasteiger partial charge in [0.15, 0.2) is 0 Å². The van der Waals surface area contributed by atoms with Crippen LogP contribution in [0.2, 0.25) is 0 Å². The monoisotopic (exact) mass is 335 g/mol. The average molecular weight is 335 g/mol. The van der Waals surface area contributed by atoms with E-state index in [0.29, 0.717) is 37.8 Å². The van der Waals surface area contributed by atoms with Crippen molar-refractivity contribution in [3.63, 3.8) is 0 Å². The summed E-state index contributed by atoms with van der Waals surface area (Å²) in [5.41, 5.74) is 1.80. The minimum atomic E-state index is -3.45. The highest BCUT2D eigenvalue weighted by Gasteiger charge is 2.26. The highest BCUT2D eigenvalue weighted by molar-refractivity contribution is 7.89. The number of piperazine rings is 1. The van der Waals surface area contributed by atoms with E-state index < -0.39 is 10.0 Å². The van der Waals surface area contributed by atoms with E-state index in [9.17, 15) is 8.42 Å². The molecule has 6 nitrogen and oxygen atoms in total. The fraction of sp³-hybridized carbons (Fsp3) is 0.375. The van der Waals surface area contributed by atoms with E-state index in [1.807, 2.05) is 29.0 Å². The highest BCUT2D eigenvalue weighted by atomic mass is 32.2. The Labute approximate surface area is 136 Å². The number of sulfonamides is 1. The van der Waals surface area contributed by atoms with Gasteiger partial charge in [0, 0.05) is 39.5 Å². The van der Waals surface area contributed by atoms with Crippen LogP contribution in [0.5, 0.6) is 0 Å². The minimum absolute atomic E-state index is 0.335. The molecule has 0 spiro atoms. The number of benzene rings is 1. The van der Waals surface area contributed by atoms with Gasteiger partial charge in [-0.25, -0.2) is 8.42 Å². The van der Waals surface area contributed by atoms with Gasteiger partial charge in [-0.1, -0.05) is 12.1 Å². The van der Waals surface area contributed by atoms with Crippen molar-refractivity contribution in [1.29, 1.82) is 0 Å². The number of aromatic nitrogens is 1. The zero-order chi connectivity index (χ0) is 16.3. The molecule has 0 aliphatic carbocycles. The molecule has 3 rings (SSSR count). The van der Waals surface area contributed by atoms with Crippen LogP contribution in [0.15, 0.2) is 47.5 Å². The van der Waals surface area contributed by atoms with Crippen LogP contribution in [-0.4, -0.2) is 50.6 Å². The number of hydrogen-bond donors (Lipinski definition) is 1. The predicted molar refractivity (Wildman–Crippen MR) is 88.5 cm³/mol. The Bertz CT molecular complexity index is 764. The summed E-state index contributed by atoms with van der Waals surface area (Å²) < 4.78 is 34.2. The molecule has 1 aromatic heterocycles. The zero-order valence-electron chi connectivity index (χ0n) is 13.1. The first-order valence-electron chi connectivity index (χ1n) is 7.58. The molecule has 0 radical (unpaired) electrons.